The molecule has 1 amide bonds. The number of nitrogens with one attached hydrogen (secondary N) is 1. The number of halogens is 1. The first-order chi connectivity index (χ1) is 11.8. The molecule has 1 heterocycles. The molecule has 25 heavy (non-hydrogen) atoms. The van der Waals surface area contributed by atoms with Gasteiger partial charge < -0.3 is 0 Å². The number of benzene rings is 2. The second kappa shape index (κ2) is 6.86. The largest absolute Gasteiger partial charge is 0.298 e. The Hall–Kier alpha value is -1.77. The maximum absolute atomic E-state index is 12.5. The lowest BCUT2D eigenvalue weighted by molar-refractivity contribution is 0.102. The third kappa shape index (κ3) is 3.61. The van der Waals surface area contributed by atoms with Crippen molar-refractivity contribution in [3.05, 3.63) is 52.5 Å². The van der Waals surface area contributed by atoms with E-state index in [0.717, 1.165) is 14.7 Å². The number of thiazole rings is 1. The van der Waals surface area contributed by atoms with Gasteiger partial charge in [0, 0.05) is 10.0 Å². The Morgan fingerprint density at radius 1 is 1.20 bits per heavy atom. The van der Waals surface area contributed by atoms with Crippen LogP contribution in [-0.4, -0.2) is 24.6 Å². The van der Waals surface area contributed by atoms with Gasteiger partial charge in [-0.3, -0.25) is 10.1 Å². The van der Waals surface area contributed by atoms with E-state index in [2.05, 4.69) is 26.2 Å². The zero-order chi connectivity index (χ0) is 18.2. The molecule has 0 bridgehead atoms. The number of carbonyl (C=O) groups is 1. The van der Waals surface area contributed by atoms with Crippen molar-refractivity contribution in [3.8, 4) is 0 Å². The van der Waals surface area contributed by atoms with Gasteiger partial charge in [0.05, 0.1) is 20.4 Å². The predicted molar refractivity (Wildman–Crippen MR) is 104 cm³/mol. The summed E-state index contributed by atoms with van der Waals surface area (Å²) in [5, 5.41) is 2.65. The molecule has 8 heteroatoms. The molecular formula is C17H15BrN2O3S2. The number of rotatable bonds is 4. The number of nitrogens with zero attached hydrogens (tertiary/aromatic N) is 1. The Labute approximate surface area is 158 Å². The van der Waals surface area contributed by atoms with Crippen molar-refractivity contribution in [2.24, 2.45) is 0 Å². The number of carbonyl (C=O) groups excluding carboxylic acids is 1. The zero-order valence-electron chi connectivity index (χ0n) is 13.5. The SMILES string of the molecule is CC(C)S(=O)(=O)c1cccc(C(=O)Nc2nc3c(Br)cccc3s2)c1. The molecule has 1 N–H and O–H groups in total. The molecule has 0 aliphatic heterocycles. The second-order valence-electron chi connectivity index (χ2n) is 5.68. The molecule has 0 saturated carbocycles. The van der Waals surface area contributed by atoms with Crippen LogP contribution in [0.15, 0.2) is 51.8 Å². The topological polar surface area (TPSA) is 76.1 Å². The summed E-state index contributed by atoms with van der Waals surface area (Å²) in [4.78, 5) is 17.0. The van der Waals surface area contributed by atoms with E-state index in [9.17, 15) is 13.2 Å². The maximum atomic E-state index is 12.5. The van der Waals surface area contributed by atoms with Gasteiger partial charge in [-0.05, 0) is 60.1 Å². The Kier molecular flexibility index (Phi) is 4.95. The molecule has 0 aliphatic rings. The molecule has 3 aromatic rings. The summed E-state index contributed by atoms with van der Waals surface area (Å²) in [5.41, 5.74) is 1.05. The van der Waals surface area contributed by atoms with Crippen molar-refractivity contribution in [1.29, 1.82) is 0 Å². The van der Waals surface area contributed by atoms with Gasteiger partial charge >= 0.3 is 0 Å². The van der Waals surface area contributed by atoms with E-state index in [-0.39, 0.29) is 10.5 Å². The molecule has 0 spiro atoms. The van der Waals surface area contributed by atoms with Crippen molar-refractivity contribution in [1.82, 2.24) is 4.98 Å². The highest BCUT2D eigenvalue weighted by Crippen LogP contribution is 2.31. The van der Waals surface area contributed by atoms with E-state index in [1.807, 2.05) is 18.2 Å². The van der Waals surface area contributed by atoms with Gasteiger partial charge in [-0.15, -0.1) is 0 Å². The number of para-hydroxylation sites is 1. The second-order valence-corrected chi connectivity index (χ2v) is 10.1. The fraction of sp³-hybridized carbons (Fsp3) is 0.176. The zero-order valence-corrected chi connectivity index (χ0v) is 16.7. The van der Waals surface area contributed by atoms with Crippen molar-refractivity contribution in [2.45, 2.75) is 24.0 Å². The lowest BCUT2D eigenvalue weighted by atomic mass is 10.2. The van der Waals surface area contributed by atoms with E-state index < -0.39 is 21.0 Å². The summed E-state index contributed by atoms with van der Waals surface area (Å²) >= 11 is 4.79. The normalized spacial score (nSPS) is 11.8. The Bertz CT molecular complexity index is 1060. The van der Waals surface area contributed by atoms with Crippen LogP contribution in [0.5, 0.6) is 0 Å². The maximum Gasteiger partial charge on any atom is 0.257 e. The molecule has 0 unspecified atom stereocenters. The molecule has 0 aliphatic carbocycles. The summed E-state index contributed by atoms with van der Waals surface area (Å²) in [6.07, 6.45) is 0. The molecule has 130 valence electrons. The van der Waals surface area contributed by atoms with Crippen LogP contribution in [0.1, 0.15) is 24.2 Å². The molecule has 0 atom stereocenters. The first-order valence-electron chi connectivity index (χ1n) is 7.49. The summed E-state index contributed by atoms with van der Waals surface area (Å²) < 4.78 is 26.3. The van der Waals surface area contributed by atoms with Crippen molar-refractivity contribution in [3.63, 3.8) is 0 Å². The van der Waals surface area contributed by atoms with Crippen LogP contribution < -0.4 is 5.32 Å². The first-order valence-corrected chi connectivity index (χ1v) is 10.6. The van der Waals surface area contributed by atoms with Crippen molar-refractivity contribution in [2.75, 3.05) is 5.32 Å². The van der Waals surface area contributed by atoms with Crippen LogP contribution in [0.4, 0.5) is 5.13 Å². The average molecular weight is 439 g/mol. The molecule has 2 aromatic carbocycles. The van der Waals surface area contributed by atoms with E-state index in [4.69, 9.17) is 0 Å². The van der Waals surface area contributed by atoms with Gasteiger partial charge in [0.15, 0.2) is 15.0 Å². The van der Waals surface area contributed by atoms with E-state index in [0.29, 0.717) is 5.13 Å². The van der Waals surface area contributed by atoms with Crippen LogP contribution in [0, 0.1) is 0 Å². The highest BCUT2D eigenvalue weighted by molar-refractivity contribution is 9.10. The lowest BCUT2D eigenvalue weighted by Gasteiger charge is -2.09. The summed E-state index contributed by atoms with van der Waals surface area (Å²) in [6, 6.07) is 11.7. The number of hydrogen-bond donors (Lipinski definition) is 1. The number of amides is 1. The highest BCUT2D eigenvalue weighted by atomic mass is 79.9. The fourth-order valence-corrected chi connectivity index (χ4v) is 4.80. The van der Waals surface area contributed by atoms with Gasteiger partial charge in [-0.2, -0.15) is 0 Å². The Balaban J connectivity index is 1.89. The number of aromatic nitrogens is 1. The number of sulfone groups is 1. The minimum atomic E-state index is -3.43. The van der Waals surface area contributed by atoms with Gasteiger partial charge in [0.1, 0.15) is 0 Å². The van der Waals surface area contributed by atoms with E-state index in [1.165, 1.54) is 23.5 Å². The first kappa shape index (κ1) is 18.0. The van der Waals surface area contributed by atoms with E-state index in [1.54, 1.807) is 26.0 Å². The smallest absolute Gasteiger partial charge is 0.257 e. The third-order valence-corrected chi connectivity index (χ3v) is 7.36. The summed E-state index contributed by atoms with van der Waals surface area (Å²) in [5.74, 6) is -0.393. The van der Waals surface area contributed by atoms with E-state index >= 15 is 0 Å². The third-order valence-electron chi connectivity index (χ3n) is 3.64. The van der Waals surface area contributed by atoms with Crippen LogP contribution in [0.3, 0.4) is 0 Å². The molecule has 3 rings (SSSR count). The molecule has 0 radical (unpaired) electrons. The van der Waals surface area contributed by atoms with Gasteiger partial charge in [-0.25, -0.2) is 13.4 Å². The molecule has 0 fully saturated rings. The minimum absolute atomic E-state index is 0.141. The quantitative estimate of drug-likeness (QED) is 0.650. The Morgan fingerprint density at radius 3 is 2.60 bits per heavy atom. The van der Waals surface area contributed by atoms with Crippen LogP contribution >= 0.6 is 27.3 Å². The standard InChI is InChI=1S/C17H15BrN2O3S2/c1-10(2)25(22,23)12-6-3-5-11(9-12)16(21)20-17-19-15-13(18)7-4-8-14(15)24-17/h3-10H,1-2H3,(H,19,20,21). The summed E-state index contributed by atoms with van der Waals surface area (Å²) in [7, 11) is -3.43. The molecular weight excluding hydrogens is 424 g/mol. The lowest BCUT2D eigenvalue weighted by Crippen LogP contribution is -2.16. The summed E-state index contributed by atoms with van der Waals surface area (Å²) in [6.45, 7) is 3.22. The van der Waals surface area contributed by atoms with Crippen LogP contribution in [0.25, 0.3) is 10.2 Å². The molecule has 1 aromatic heterocycles. The monoisotopic (exact) mass is 438 g/mol. The minimum Gasteiger partial charge on any atom is -0.298 e. The van der Waals surface area contributed by atoms with Crippen LogP contribution in [0.2, 0.25) is 0 Å². The van der Waals surface area contributed by atoms with Gasteiger partial charge in [0.25, 0.3) is 5.91 Å². The molecule has 0 saturated heterocycles. The fourth-order valence-electron chi connectivity index (χ4n) is 2.22. The van der Waals surface area contributed by atoms with Crippen molar-refractivity contribution < 1.29 is 13.2 Å². The van der Waals surface area contributed by atoms with Gasteiger partial charge in [0.2, 0.25) is 0 Å². The number of anilines is 1. The predicted octanol–water partition coefficient (Wildman–Crippen LogP) is 4.49. The molecule has 5 nitrogen and oxygen atoms in total. The van der Waals surface area contributed by atoms with Gasteiger partial charge in [-0.1, -0.05) is 23.5 Å². The average Bonchev–Trinajstić information content (AvgIpc) is 2.98. The number of hydrogen-bond acceptors (Lipinski definition) is 5. The van der Waals surface area contributed by atoms with Crippen molar-refractivity contribution >= 4 is 58.4 Å². The highest BCUT2D eigenvalue weighted by Gasteiger charge is 2.20. The number of fused-ring (bicyclic) bond motifs is 1. The Morgan fingerprint density at radius 2 is 1.92 bits per heavy atom. The van der Waals surface area contributed by atoms with Crippen LogP contribution in [-0.2, 0) is 9.84 Å².